The first-order valence-electron chi connectivity index (χ1n) is 8.08. The minimum atomic E-state index is 0.124. The zero-order valence-corrected chi connectivity index (χ0v) is 13.0. The standard InChI is InChI=1S/C15H21N5O2/c1-9(14-18-17-10(2)21-14)20-7-3-4-12(8-20)13-16-15(22-19-13)11-5-6-11/h9,11-12H,3-8H2,1-2H3/t9-,12-/m1/s1. The molecule has 0 unspecified atom stereocenters. The molecule has 7 nitrogen and oxygen atoms in total. The molecule has 0 bridgehead atoms. The van der Waals surface area contributed by atoms with E-state index in [1.165, 1.54) is 12.8 Å². The molecular weight excluding hydrogens is 282 g/mol. The normalized spacial score (nSPS) is 24.5. The van der Waals surface area contributed by atoms with E-state index < -0.39 is 0 Å². The first-order chi connectivity index (χ1) is 10.7. The Morgan fingerprint density at radius 1 is 1.18 bits per heavy atom. The lowest BCUT2D eigenvalue weighted by molar-refractivity contribution is 0.135. The third kappa shape index (κ3) is 2.65. The summed E-state index contributed by atoms with van der Waals surface area (Å²) in [6.45, 7) is 5.88. The van der Waals surface area contributed by atoms with Gasteiger partial charge in [-0.2, -0.15) is 4.98 Å². The Hall–Kier alpha value is -1.76. The van der Waals surface area contributed by atoms with E-state index >= 15 is 0 Å². The topological polar surface area (TPSA) is 81.1 Å². The second-order valence-electron chi connectivity index (χ2n) is 6.43. The summed E-state index contributed by atoms with van der Waals surface area (Å²) in [6.07, 6.45) is 4.60. The van der Waals surface area contributed by atoms with Gasteiger partial charge in [-0.3, -0.25) is 4.90 Å². The van der Waals surface area contributed by atoms with Crippen LogP contribution < -0.4 is 0 Å². The maximum absolute atomic E-state index is 5.57. The van der Waals surface area contributed by atoms with Gasteiger partial charge in [0, 0.05) is 25.3 Å². The summed E-state index contributed by atoms with van der Waals surface area (Å²) >= 11 is 0. The fourth-order valence-corrected chi connectivity index (χ4v) is 3.11. The fourth-order valence-electron chi connectivity index (χ4n) is 3.11. The lowest BCUT2D eigenvalue weighted by Gasteiger charge is -2.34. The highest BCUT2D eigenvalue weighted by Crippen LogP contribution is 2.40. The van der Waals surface area contributed by atoms with Gasteiger partial charge in [-0.05, 0) is 39.2 Å². The van der Waals surface area contributed by atoms with E-state index in [1.54, 1.807) is 0 Å². The molecule has 3 heterocycles. The molecule has 2 aliphatic rings. The molecule has 2 aromatic rings. The number of rotatable bonds is 4. The van der Waals surface area contributed by atoms with Crippen LogP contribution in [0.4, 0.5) is 0 Å². The Labute approximate surface area is 129 Å². The Bertz CT molecular complexity index is 648. The van der Waals surface area contributed by atoms with Crippen molar-refractivity contribution in [3.05, 3.63) is 23.5 Å². The summed E-state index contributed by atoms with van der Waals surface area (Å²) in [5, 5.41) is 12.3. The molecule has 1 aliphatic heterocycles. The van der Waals surface area contributed by atoms with E-state index in [0.717, 1.165) is 37.6 Å². The molecule has 1 saturated heterocycles. The molecule has 2 fully saturated rings. The van der Waals surface area contributed by atoms with Gasteiger partial charge in [0.1, 0.15) is 0 Å². The maximum atomic E-state index is 5.57. The first kappa shape index (κ1) is 13.9. The van der Waals surface area contributed by atoms with Crippen molar-refractivity contribution in [3.63, 3.8) is 0 Å². The van der Waals surface area contributed by atoms with Gasteiger partial charge in [-0.15, -0.1) is 10.2 Å². The van der Waals surface area contributed by atoms with Gasteiger partial charge in [0.05, 0.1) is 6.04 Å². The van der Waals surface area contributed by atoms with Crippen molar-refractivity contribution in [1.29, 1.82) is 0 Å². The van der Waals surface area contributed by atoms with Crippen LogP contribution in [0.5, 0.6) is 0 Å². The zero-order chi connectivity index (χ0) is 15.1. The number of piperidine rings is 1. The summed E-state index contributed by atoms with van der Waals surface area (Å²) in [5.74, 6) is 3.83. The molecular formula is C15H21N5O2. The molecule has 2 atom stereocenters. The van der Waals surface area contributed by atoms with Crippen molar-refractivity contribution in [2.24, 2.45) is 0 Å². The third-order valence-electron chi connectivity index (χ3n) is 4.65. The molecule has 0 N–H and O–H groups in total. The summed E-state index contributed by atoms with van der Waals surface area (Å²) in [5.41, 5.74) is 0. The second kappa shape index (κ2) is 5.46. The molecule has 0 aromatic carbocycles. The van der Waals surface area contributed by atoms with Crippen LogP contribution in [0, 0.1) is 6.92 Å². The monoisotopic (exact) mass is 303 g/mol. The predicted molar refractivity (Wildman–Crippen MR) is 77.3 cm³/mol. The highest BCUT2D eigenvalue weighted by atomic mass is 16.5. The SMILES string of the molecule is Cc1nnc([C@@H](C)N2CCC[C@@H](c3noc(C4CC4)n3)C2)o1. The summed E-state index contributed by atoms with van der Waals surface area (Å²) in [7, 11) is 0. The van der Waals surface area contributed by atoms with Crippen LogP contribution in [0.2, 0.25) is 0 Å². The van der Waals surface area contributed by atoms with Gasteiger partial charge in [-0.1, -0.05) is 5.16 Å². The molecule has 1 aliphatic carbocycles. The Balaban J connectivity index is 1.46. The Morgan fingerprint density at radius 3 is 2.77 bits per heavy atom. The van der Waals surface area contributed by atoms with Crippen molar-refractivity contribution < 1.29 is 8.94 Å². The molecule has 22 heavy (non-hydrogen) atoms. The van der Waals surface area contributed by atoms with Crippen LogP contribution in [-0.4, -0.2) is 38.3 Å². The number of aromatic nitrogens is 4. The summed E-state index contributed by atoms with van der Waals surface area (Å²) in [6, 6.07) is 0.124. The minimum Gasteiger partial charge on any atom is -0.424 e. The van der Waals surface area contributed by atoms with Crippen LogP contribution in [-0.2, 0) is 0 Å². The van der Waals surface area contributed by atoms with Crippen LogP contribution in [0.1, 0.15) is 74.0 Å². The minimum absolute atomic E-state index is 0.124. The molecule has 0 spiro atoms. The predicted octanol–water partition coefficient (Wildman–Crippen LogP) is 2.58. The number of aryl methyl sites for hydroxylation is 1. The van der Waals surface area contributed by atoms with Crippen LogP contribution in [0.3, 0.4) is 0 Å². The van der Waals surface area contributed by atoms with Gasteiger partial charge in [0.15, 0.2) is 5.82 Å². The van der Waals surface area contributed by atoms with Crippen molar-refractivity contribution in [1.82, 2.24) is 25.2 Å². The molecule has 0 radical (unpaired) electrons. The van der Waals surface area contributed by atoms with Gasteiger partial charge >= 0.3 is 0 Å². The lowest BCUT2D eigenvalue weighted by Crippen LogP contribution is -2.36. The molecule has 118 valence electrons. The largest absolute Gasteiger partial charge is 0.424 e. The lowest BCUT2D eigenvalue weighted by atomic mass is 9.96. The Kier molecular flexibility index (Phi) is 3.44. The van der Waals surface area contributed by atoms with E-state index in [4.69, 9.17) is 8.94 Å². The average molecular weight is 303 g/mol. The molecule has 4 rings (SSSR count). The Morgan fingerprint density at radius 2 is 2.05 bits per heavy atom. The second-order valence-corrected chi connectivity index (χ2v) is 6.43. The van der Waals surface area contributed by atoms with E-state index in [9.17, 15) is 0 Å². The van der Waals surface area contributed by atoms with Crippen molar-refractivity contribution in [3.8, 4) is 0 Å². The first-order valence-corrected chi connectivity index (χ1v) is 8.08. The van der Waals surface area contributed by atoms with E-state index in [-0.39, 0.29) is 6.04 Å². The smallest absolute Gasteiger partial charge is 0.233 e. The fraction of sp³-hybridized carbons (Fsp3) is 0.733. The van der Waals surface area contributed by atoms with E-state index in [2.05, 4.69) is 32.2 Å². The highest BCUT2D eigenvalue weighted by Gasteiger charge is 2.33. The zero-order valence-electron chi connectivity index (χ0n) is 13.0. The molecule has 7 heteroatoms. The van der Waals surface area contributed by atoms with Crippen LogP contribution >= 0.6 is 0 Å². The summed E-state index contributed by atoms with van der Waals surface area (Å²) in [4.78, 5) is 6.98. The van der Waals surface area contributed by atoms with Gasteiger partial charge in [-0.25, -0.2) is 0 Å². The quantitative estimate of drug-likeness (QED) is 0.858. The van der Waals surface area contributed by atoms with Crippen molar-refractivity contribution in [2.75, 3.05) is 13.1 Å². The molecule has 0 amide bonds. The third-order valence-corrected chi connectivity index (χ3v) is 4.65. The maximum Gasteiger partial charge on any atom is 0.233 e. The molecule has 1 saturated carbocycles. The number of hydrogen-bond donors (Lipinski definition) is 0. The van der Waals surface area contributed by atoms with E-state index in [0.29, 0.717) is 23.6 Å². The number of hydrogen-bond acceptors (Lipinski definition) is 7. The van der Waals surface area contributed by atoms with Crippen LogP contribution in [0.25, 0.3) is 0 Å². The van der Waals surface area contributed by atoms with Gasteiger partial charge in [0.2, 0.25) is 17.7 Å². The van der Waals surface area contributed by atoms with Crippen LogP contribution in [0.15, 0.2) is 8.94 Å². The van der Waals surface area contributed by atoms with Gasteiger partial charge in [0.25, 0.3) is 0 Å². The number of likely N-dealkylation sites (tertiary alicyclic amines) is 1. The molecule has 2 aromatic heterocycles. The van der Waals surface area contributed by atoms with Crippen molar-refractivity contribution in [2.45, 2.75) is 57.4 Å². The van der Waals surface area contributed by atoms with Gasteiger partial charge < -0.3 is 8.94 Å². The highest BCUT2D eigenvalue weighted by molar-refractivity contribution is 5.06. The summed E-state index contributed by atoms with van der Waals surface area (Å²) < 4.78 is 11.0. The van der Waals surface area contributed by atoms with E-state index in [1.807, 2.05) is 6.92 Å². The average Bonchev–Trinajstić information content (AvgIpc) is 3.10. The number of nitrogens with zero attached hydrogens (tertiary/aromatic N) is 5. The van der Waals surface area contributed by atoms with Crippen molar-refractivity contribution >= 4 is 0 Å².